The molecule has 1 fully saturated rings. The normalized spacial score (nSPS) is 22.7. The number of benzene rings is 2. The summed E-state index contributed by atoms with van der Waals surface area (Å²) in [7, 11) is 2.18. The molecule has 2 aromatic rings. The van der Waals surface area contributed by atoms with E-state index < -0.39 is 0 Å². The van der Waals surface area contributed by atoms with Crippen LogP contribution in [0.4, 0.5) is 11.4 Å². The van der Waals surface area contributed by atoms with E-state index in [2.05, 4.69) is 82.0 Å². The van der Waals surface area contributed by atoms with Crippen LogP contribution < -0.4 is 10.2 Å². The average molecular weight is 434 g/mol. The highest BCUT2D eigenvalue weighted by Gasteiger charge is 2.34. The molecule has 0 aromatic heterocycles. The van der Waals surface area contributed by atoms with E-state index in [1.165, 1.54) is 39.7 Å². The smallest absolute Gasteiger partial charge is 0.264 e. The SMILES string of the molecule is Cc1ccc(N=C2NC(=O)/C(=C/c3cc4c(cc3C)N(C)C(C)(C)C[C@@H]4C)S2)cc1C. The van der Waals surface area contributed by atoms with Gasteiger partial charge in [-0.3, -0.25) is 4.79 Å². The second-order valence-corrected chi connectivity index (χ2v) is 10.5. The molecule has 2 heterocycles. The van der Waals surface area contributed by atoms with Crippen LogP contribution in [0, 0.1) is 20.8 Å². The maximum Gasteiger partial charge on any atom is 0.264 e. The van der Waals surface area contributed by atoms with E-state index in [0.717, 1.165) is 17.7 Å². The number of aryl methyl sites for hydroxylation is 3. The second-order valence-electron chi connectivity index (χ2n) is 9.49. The third kappa shape index (κ3) is 4.16. The number of amides is 1. The summed E-state index contributed by atoms with van der Waals surface area (Å²) in [6.07, 6.45) is 3.11. The number of hydrogen-bond acceptors (Lipinski definition) is 4. The number of anilines is 1. The van der Waals surface area contributed by atoms with Crippen LogP contribution in [0.15, 0.2) is 40.2 Å². The highest BCUT2D eigenvalue weighted by molar-refractivity contribution is 8.18. The van der Waals surface area contributed by atoms with Crippen molar-refractivity contribution in [3.8, 4) is 0 Å². The zero-order valence-electron chi connectivity index (χ0n) is 19.5. The van der Waals surface area contributed by atoms with Gasteiger partial charge >= 0.3 is 0 Å². The molecule has 4 nitrogen and oxygen atoms in total. The molecule has 4 rings (SSSR count). The van der Waals surface area contributed by atoms with Gasteiger partial charge in [-0.25, -0.2) is 4.99 Å². The second kappa shape index (κ2) is 7.86. The number of nitrogens with one attached hydrogen (secondary N) is 1. The van der Waals surface area contributed by atoms with Crippen molar-refractivity contribution in [2.75, 3.05) is 11.9 Å². The molecule has 0 spiro atoms. The number of amidine groups is 1. The molecule has 162 valence electrons. The van der Waals surface area contributed by atoms with Gasteiger partial charge in [0.2, 0.25) is 0 Å². The Bertz CT molecular complexity index is 1130. The summed E-state index contributed by atoms with van der Waals surface area (Å²) < 4.78 is 0. The van der Waals surface area contributed by atoms with Gasteiger partial charge in [0.25, 0.3) is 5.91 Å². The number of fused-ring (bicyclic) bond motifs is 1. The zero-order chi connectivity index (χ0) is 22.5. The predicted octanol–water partition coefficient (Wildman–Crippen LogP) is 6.23. The van der Waals surface area contributed by atoms with Crippen molar-refractivity contribution < 1.29 is 4.79 Å². The van der Waals surface area contributed by atoms with Crippen molar-refractivity contribution in [2.24, 2.45) is 4.99 Å². The lowest BCUT2D eigenvalue weighted by atomic mass is 9.79. The van der Waals surface area contributed by atoms with E-state index in [-0.39, 0.29) is 11.4 Å². The van der Waals surface area contributed by atoms with Crippen molar-refractivity contribution >= 4 is 40.3 Å². The van der Waals surface area contributed by atoms with Crippen LogP contribution in [0.1, 0.15) is 60.9 Å². The molecule has 0 unspecified atom stereocenters. The molecule has 1 amide bonds. The fourth-order valence-corrected chi connectivity index (χ4v) is 5.26. The van der Waals surface area contributed by atoms with Gasteiger partial charge in [0.1, 0.15) is 0 Å². The monoisotopic (exact) mass is 433 g/mol. The molecule has 1 saturated heterocycles. The summed E-state index contributed by atoms with van der Waals surface area (Å²) in [5.41, 5.74) is 8.35. The van der Waals surface area contributed by atoms with Crippen LogP contribution in [0.2, 0.25) is 0 Å². The van der Waals surface area contributed by atoms with Gasteiger partial charge in [-0.15, -0.1) is 0 Å². The van der Waals surface area contributed by atoms with Crippen molar-refractivity contribution in [3.05, 3.63) is 63.1 Å². The summed E-state index contributed by atoms with van der Waals surface area (Å²) in [6, 6.07) is 10.6. The highest BCUT2D eigenvalue weighted by Crippen LogP contribution is 2.44. The molecule has 0 bridgehead atoms. The first kappa shape index (κ1) is 21.7. The first-order chi connectivity index (χ1) is 14.5. The number of nitrogens with zero attached hydrogens (tertiary/aromatic N) is 2. The topological polar surface area (TPSA) is 44.7 Å². The van der Waals surface area contributed by atoms with E-state index in [9.17, 15) is 4.79 Å². The Morgan fingerprint density at radius 3 is 2.58 bits per heavy atom. The molecule has 1 atom stereocenters. The lowest BCUT2D eigenvalue weighted by molar-refractivity contribution is -0.115. The van der Waals surface area contributed by atoms with Crippen LogP contribution in [0.3, 0.4) is 0 Å². The molecule has 5 heteroatoms. The van der Waals surface area contributed by atoms with Gasteiger partial charge in [-0.2, -0.15) is 0 Å². The summed E-state index contributed by atoms with van der Waals surface area (Å²) in [5, 5.41) is 3.54. The molecule has 0 radical (unpaired) electrons. The van der Waals surface area contributed by atoms with E-state index in [4.69, 9.17) is 0 Å². The first-order valence-corrected chi connectivity index (χ1v) is 11.6. The Labute approximate surface area is 189 Å². The van der Waals surface area contributed by atoms with Crippen molar-refractivity contribution in [1.29, 1.82) is 0 Å². The molecule has 0 saturated carbocycles. The lowest BCUT2D eigenvalue weighted by Gasteiger charge is -2.45. The van der Waals surface area contributed by atoms with Gasteiger partial charge in [-0.05, 0) is 117 Å². The Balaban J connectivity index is 1.65. The minimum absolute atomic E-state index is 0.0870. The third-order valence-corrected chi connectivity index (χ3v) is 7.59. The van der Waals surface area contributed by atoms with E-state index in [1.807, 2.05) is 18.2 Å². The highest BCUT2D eigenvalue weighted by atomic mass is 32.2. The summed E-state index contributed by atoms with van der Waals surface area (Å²) in [4.78, 5) is 20.3. The van der Waals surface area contributed by atoms with Gasteiger partial charge in [0.05, 0.1) is 10.6 Å². The number of aliphatic imine (C=N–C) groups is 1. The standard InChI is InChI=1S/C26H31N3OS/c1-15-8-9-20(10-16(15)2)27-25-28-24(30)23(31-25)13-19-12-21-18(4)14-26(5,6)29(7)22(21)11-17(19)3/h8-13,18H,14H2,1-7H3,(H,27,28,30)/b23-13-/t18-/m0/s1. The summed E-state index contributed by atoms with van der Waals surface area (Å²) in [6.45, 7) is 13.2. The van der Waals surface area contributed by atoms with Gasteiger partial charge in [0, 0.05) is 18.3 Å². The average Bonchev–Trinajstić information content (AvgIpc) is 3.02. The number of thioether (sulfide) groups is 1. The molecule has 1 N–H and O–H groups in total. The van der Waals surface area contributed by atoms with E-state index >= 15 is 0 Å². The minimum Gasteiger partial charge on any atom is -0.369 e. The fourth-order valence-electron chi connectivity index (χ4n) is 4.42. The maximum atomic E-state index is 12.6. The van der Waals surface area contributed by atoms with Gasteiger partial charge in [-0.1, -0.05) is 13.0 Å². The van der Waals surface area contributed by atoms with Crippen LogP contribution in [0.5, 0.6) is 0 Å². The number of carbonyl (C=O) groups is 1. The maximum absolute atomic E-state index is 12.6. The predicted molar refractivity (Wildman–Crippen MR) is 133 cm³/mol. The Morgan fingerprint density at radius 2 is 1.87 bits per heavy atom. The van der Waals surface area contributed by atoms with Crippen LogP contribution in [-0.4, -0.2) is 23.7 Å². The van der Waals surface area contributed by atoms with Gasteiger partial charge in [0.15, 0.2) is 5.17 Å². The van der Waals surface area contributed by atoms with Crippen LogP contribution >= 0.6 is 11.8 Å². The van der Waals surface area contributed by atoms with Crippen molar-refractivity contribution in [3.63, 3.8) is 0 Å². The molecule has 2 aliphatic rings. The molecular weight excluding hydrogens is 402 g/mol. The number of carbonyl (C=O) groups excluding carboxylic acids is 1. The molecule has 2 aliphatic heterocycles. The third-order valence-electron chi connectivity index (χ3n) is 6.68. The fraction of sp³-hybridized carbons (Fsp3) is 0.385. The molecular formula is C26H31N3OS. The zero-order valence-corrected chi connectivity index (χ0v) is 20.3. The summed E-state index contributed by atoms with van der Waals surface area (Å²) >= 11 is 1.41. The quantitative estimate of drug-likeness (QED) is 0.571. The Hall–Kier alpha value is -2.53. The Kier molecular flexibility index (Phi) is 5.50. The van der Waals surface area contributed by atoms with Crippen LogP contribution in [-0.2, 0) is 4.79 Å². The van der Waals surface area contributed by atoms with E-state index in [1.54, 1.807) is 0 Å². The van der Waals surface area contributed by atoms with Crippen molar-refractivity contribution in [1.82, 2.24) is 5.32 Å². The molecule has 2 aromatic carbocycles. The number of rotatable bonds is 2. The summed E-state index contributed by atoms with van der Waals surface area (Å²) in [5.74, 6) is 0.391. The minimum atomic E-state index is -0.0870. The largest absolute Gasteiger partial charge is 0.369 e. The van der Waals surface area contributed by atoms with E-state index in [0.29, 0.717) is 16.0 Å². The van der Waals surface area contributed by atoms with Crippen LogP contribution in [0.25, 0.3) is 6.08 Å². The number of hydrogen-bond donors (Lipinski definition) is 1. The molecule has 0 aliphatic carbocycles. The first-order valence-electron chi connectivity index (χ1n) is 10.8. The Morgan fingerprint density at radius 1 is 1.13 bits per heavy atom. The van der Waals surface area contributed by atoms with Crippen molar-refractivity contribution in [2.45, 2.75) is 59.4 Å². The van der Waals surface area contributed by atoms with Gasteiger partial charge < -0.3 is 10.2 Å². The lowest BCUT2D eigenvalue weighted by Crippen LogP contribution is -2.45. The molecule has 31 heavy (non-hydrogen) atoms.